The van der Waals surface area contributed by atoms with Crippen molar-refractivity contribution in [3.05, 3.63) is 36.2 Å². The SMILES string of the molecule is CC1CCN(C(=O)Cc2ccc(-n3cnnn3)cc2)C(CN)C1. The zero-order valence-corrected chi connectivity index (χ0v) is 13.3. The number of carbonyl (C=O) groups excluding carboxylic acids is 1. The van der Waals surface area contributed by atoms with E-state index >= 15 is 0 Å². The number of amides is 1. The summed E-state index contributed by atoms with van der Waals surface area (Å²) in [6.07, 6.45) is 4.00. The fourth-order valence-electron chi connectivity index (χ4n) is 3.13. The predicted molar refractivity (Wildman–Crippen MR) is 85.8 cm³/mol. The van der Waals surface area contributed by atoms with Crippen molar-refractivity contribution in [2.24, 2.45) is 11.7 Å². The first-order valence-corrected chi connectivity index (χ1v) is 7.99. The summed E-state index contributed by atoms with van der Waals surface area (Å²) < 4.78 is 1.59. The lowest BCUT2D eigenvalue weighted by molar-refractivity contribution is -0.134. The van der Waals surface area contributed by atoms with E-state index in [1.54, 1.807) is 11.0 Å². The van der Waals surface area contributed by atoms with Crippen molar-refractivity contribution in [1.29, 1.82) is 0 Å². The van der Waals surface area contributed by atoms with Crippen LogP contribution in [-0.4, -0.2) is 50.1 Å². The summed E-state index contributed by atoms with van der Waals surface area (Å²) in [5.74, 6) is 0.797. The Hall–Kier alpha value is -2.28. The van der Waals surface area contributed by atoms with E-state index in [0.29, 0.717) is 18.9 Å². The van der Waals surface area contributed by atoms with Gasteiger partial charge in [0.1, 0.15) is 6.33 Å². The van der Waals surface area contributed by atoms with Crippen molar-refractivity contribution in [1.82, 2.24) is 25.1 Å². The van der Waals surface area contributed by atoms with Crippen LogP contribution in [0.2, 0.25) is 0 Å². The van der Waals surface area contributed by atoms with Crippen LogP contribution in [0.4, 0.5) is 0 Å². The Labute approximate surface area is 135 Å². The van der Waals surface area contributed by atoms with Gasteiger partial charge in [-0.15, -0.1) is 5.10 Å². The predicted octanol–water partition coefficient (Wildman–Crippen LogP) is 0.791. The van der Waals surface area contributed by atoms with Gasteiger partial charge in [0.2, 0.25) is 5.91 Å². The van der Waals surface area contributed by atoms with Gasteiger partial charge in [-0.3, -0.25) is 4.79 Å². The van der Waals surface area contributed by atoms with Gasteiger partial charge in [0.25, 0.3) is 0 Å². The Bertz CT molecular complexity index is 639. The smallest absolute Gasteiger partial charge is 0.227 e. The normalized spacial score (nSPS) is 21.4. The summed E-state index contributed by atoms with van der Waals surface area (Å²) in [5, 5.41) is 11.1. The molecule has 1 aromatic carbocycles. The van der Waals surface area contributed by atoms with E-state index in [4.69, 9.17) is 5.73 Å². The second kappa shape index (κ2) is 6.87. The number of hydrogen-bond donors (Lipinski definition) is 1. The van der Waals surface area contributed by atoms with E-state index in [9.17, 15) is 4.79 Å². The van der Waals surface area contributed by atoms with Crippen molar-refractivity contribution in [3.63, 3.8) is 0 Å². The van der Waals surface area contributed by atoms with Crippen LogP contribution >= 0.6 is 0 Å². The Kier molecular flexibility index (Phi) is 4.66. The number of rotatable bonds is 4. The molecule has 1 amide bonds. The number of benzene rings is 1. The quantitative estimate of drug-likeness (QED) is 0.901. The minimum atomic E-state index is 0.155. The van der Waals surface area contributed by atoms with Gasteiger partial charge < -0.3 is 10.6 Å². The molecule has 0 spiro atoms. The third kappa shape index (κ3) is 3.56. The zero-order chi connectivity index (χ0) is 16.2. The monoisotopic (exact) mass is 314 g/mol. The molecule has 1 saturated heterocycles. The second-order valence-electron chi connectivity index (χ2n) is 6.20. The fourth-order valence-corrected chi connectivity index (χ4v) is 3.13. The molecule has 2 N–H and O–H groups in total. The maximum atomic E-state index is 12.6. The largest absolute Gasteiger partial charge is 0.338 e. The molecule has 2 unspecified atom stereocenters. The van der Waals surface area contributed by atoms with Crippen molar-refractivity contribution >= 4 is 5.91 Å². The second-order valence-corrected chi connectivity index (χ2v) is 6.20. The number of hydrogen-bond acceptors (Lipinski definition) is 5. The summed E-state index contributed by atoms with van der Waals surface area (Å²) in [6, 6.07) is 7.89. The Morgan fingerprint density at radius 3 is 2.78 bits per heavy atom. The number of aromatic nitrogens is 4. The van der Waals surface area contributed by atoms with Crippen molar-refractivity contribution < 1.29 is 4.79 Å². The molecule has 0 bridgehead atoms. The van der Waals surface area contributed by atoms with Crippen LogP contribution in [-0.2, 0) is 11.2 Å². The minimum Gasteiger partial charge on any atom is -0.338 e. The van der Waals surface area contributed by atoms with Crippen LogP contribution in [0, 0.1) is 5.92 Å². The highest BCUT2D eigenvalue weighted by atomic mass is 16.2. The molecule has 2 atom stereocenters. The number of nitrogens with zero attached hydrogens (tertiary/aromatic N) is 5. The Morgan fingerprint density at radius 2 is 2.13 bits per heavy atom. The lowest BCUT2D eigenvalue weighted by atomic mass is 9.92. The average molecular weight is 314 g/mol. The van der Waals surface area contributed by atoms with Crippen LogP contribution in [0.3, 0.4) is 0 Å². The molecule has 1 fully saturated rings. The fraction of sp³-hybridized carbons (Fsp3) is 0.500. The third-order valence-electron chi connectivity index (χ3n) is 4.48. The molecule has 23 heavy (non-hydrogen) atoms. The molecule has 2 heterocycles. The van der Waals surface area contributed by atoms with Gasteiger partial charge >= 0.3 is 0 Å². The number of nitrogens with two attached hydrogens (primary N) is 1. The van der Waals surface area contributed by atoms with Crippen molar-refractivity contribution in [3.8, 4) is 5.69 Å². The summed E-state index contributed by atoms with van der Waals surface area (Å²) in [6.45, 7) is 3.57. The molecule has 1 aromatic heterocycles. The number of tetrazole rings is 1. The van der Waals surface area contributed by atoms with Crippen LogP contribution < -0.4 is 5.73 Å². The van der Waals surface area contributed by atoms with Gasteiger partial charge in [-0.1, -0.05) is 19.1 Å². The maximum absolute atomic E-state index is 12.6. The first-order valence-electron chi connectivity index (χ1n) is 7.99. The van der Waals surface area contributed by atoms with E-state index in [1.807, 2.05) is 29.2 Å². The van der Waals surface area contributed by atoms with E-state index in [2.05, 4.69) is 22.4 Å². The molecular formula is C16H22N6O. The van der Waals surface area contributed by atoms with Crippen LogP contribution in [0.5, 0.6) is 0 Å². The van der Waals surface area contributed by atoms with Crippen LogP contribution in [0.15, 0.2) is 30.6 Å². The molecule has 1 aliphatic heterocycles. The van der Waals surface area contributed by atoms with Crippen LogP contribution in [0.25, 0.3) is 5.69 Å². The molecule has 0 radical (unpaired) electrons. The topological polar surface area (TPSA) is 89.9 Å². The summed E-state index contributed by atoms with van der Waals surface area (Å²) in [5.41, 5.74) is 7.71. The van der Waals surface area contributed by atoms with Crippen LogP contribution in [0.1, 0.15) is 25.3 Å². The number of piperidine rings is 1. The number of carbonyl (C=O) groups is 1. The van der Waals surface area contributed by atoms with Gasteiger partial charge in [0.05, 0.1) is 12.1 Å². The van der Waals surface area contributed by atoms with Crippen molar-refractivity contribution in [2.75, 3.05) is 13.1 Å². The first-order chi connectivity index (χ1) is 11.2. The molecule has 7 nitrogen and oxygen atoms in total. The highest BCUT2D eigenvalue weighted by Gasteiger charge is 2.28. The standard InChI is InChI=1S/C16H22N6O/c1-12-6-7-21(15(8-12)10-17)16(23)9-13-2-4-14(5-3-13)22-11-18-19-20-22/h2-5,11-12,15H,6-10,17H2,1H3. The lowest BCUT2D eigenvalue weighted by Gasteiger charge is -2.38. The molecule has 3 rings (SSSR count). The molecule has 2 aromatic rings. The first kappa shape index (κ1) is 15.6. The van der Waals surface area contributed by atoms with Gasteiger partial charge in [-0.05, 0) is 46.9 Å². The molecule has 0 saturated carbocycles. The van der Waals surface area contributed by atoms with E-state index in [-0.39, 0.29) is 11.9 Å². The van der Waals surface area contributed by atoms with Gasteiger partial charge in [-0.25, -0.2) is 4.68 Å². The van der Waals surface area contributed by atoms with Gasteiger partial charge in [0.15, 0.2) is 0 Å². The molecule has 1 aliphatic rings. The van der Waals surface area contributed by atoms with E-state index in [0.717, 1.165) is 30.6 Å². The maximum Gasteiger partial charge on any atom is 0.227 e. The lowest BCUT2D eigenvalue weighted by Crippen LogP contribution is -2.49. The van der Waals surface area contributed by atoms with E-state index in [1.165, 1.54) is 0 Å². The third-order valence-corrected chi connectivity index (χ3v) is 4.48. The van der Waals surface area contributed by atoms with Gasteiger partial charge in [-0.2, -0.15) is 0 Å². The molecule has 0 aliphatic carbocycles. The average Bonchev–Trinajstić information content (AvgIpc) is 3.09. The van der Waals surface area contributed by atoms with Crippen molar-refractivity contribution in [2.45, 2.75) is 32.2 Å². The highest BCUT2D eigenvalue weighted by molar-refractivity contribution is 5.79. The Balaban J connectivity index is 1.65. The number of likely N-dealkylation sites (tertiary alicyclic amines) is 1. The Morgan fingerprint density at radius 1 is 1.35 bits per heavy atom. The molecule has 7 heteroatoms. The summed E-state index contributed by atoms with van der Waals surface area (Å²) in [7, 11) is 0. The minimum absolute atomic E-state index is 0.155. The summed E-state index contributed by atoms with van der Waals surface area (Å²) in [4.78, 5) is 14.5. The van der Waals surface area contributed by atoms with E-state index < -0.39 is 0 Å². The summed E-state index contributed by atoms with van der Waals surface area (Å²) >= 11 is 0. The highest BCUT2D eigenvalue weighted by Crippen LogP contribution is 2.22. The van der Waals surface area contributed by atoms with Gasteiger partial charge in [0, 0.05) is 19.1 Å². The molecular weight excluding hydrogens is 292 g/mol. The zero-order valence-electron chi connectivity index (χ0n) is 13.3. The molecule has 122 valence electrons.